The fourth-order valence-corrected chi connectivity index (χ4v) is 7.68. The summed E-state index contributed by atoms with van der Waals surface area (Å²) in [5, 5.41) is 2.81. The molecule has 3 atom stereocenters. The third-order valence-electron chi connectivity index (χ3n) is 10.0. The van der Waals surface area contributed by atoms with Crippen molar-refractivity contribution in [2.24, 2.45) is 17.3 Å². The average Bonchev–Trinajstić information content (AvgIpc) is 3.51. The molecule has 3 heterocycles. The standard InChI is InChI=1S/C34H41N5O3/c1-35-32(41)27-14-19-39(30(20-27)26-12-6-3-7-13-26)33(42)37-18-15-28(34(23-37)16-8-9-17-34)22-38-24-36-29(21-31(38)40)25-10-4-2-5-11-25/h2-7,10-13,21,24,27-28,30H,8-9,14-20,22-23H2,1H3,(H,35,41)/t27-,28+,30+/m1/s1. The molecule has 1 saturated carbocycles. The first-order chi connectivity index (χ1) is 20.5. The van der Waals surface area contributed by atoms with Gasteiger partial charge in [0.25, 0.3) is 5.56 Å². The predicted octanol–water partition coefficient (Wildman–Crippen LogP) is 5.11. The minimum absolute atomic E-state index is 0.00805. The van der Waals surface area contributed by atoms with E-state index in [1.165, 1.54) is 0 Å². The van der Waals surface area contributed by atoms with Crippen LogP contribution in [0.2, 0.25) is 0 Å². The van der Waals surface area contributed by atoms with Crippen LogP contribution in [0, 0.1) is 17.3 Å². The molecule has 220 valence electrons. The van der Waals surface area contributed by atoms with Crippen molar-refractivity contribution in [3.05, 3.63) is 89.0 Å². The van der Waals surface area contributed by atoms with E-state index < -0.39 is 0 Å². The summed E-state index contributed by atoms with van der Waals surface area (Å²) >= 11 is 0. The molecule has 8 heteroatoms. The van der Waals surface area contributed by atoms with E-state index in [0.29, 0.717) is 44.1 Å². The number of piperidine rings is 2. The molecule has 42 heavy (non-hydrogen) atoms. The molecular weight excluding hydrogens is 526 g/mol. The summed E-state index contributed by atoms with van der Waals surface area (Å²) in [5.74, 6) is 0.265. The first-order valence-electron chi connectivity index (χ1n) is 15.4. The van der Waals surface area contributed by atoms with Crippen LogP contribution in [0.3, 0.4) is 0 Å². The van der Waals surface area contributed by atoms with Gasteiger partial charge in [-0.05, 0) is 49.0 Å². The number of benzene rings is 2. The van der Waals surface area contributed by atoms with Gasteiger partial charge in [-0.3, -0.25) is 14.2 Å². The number of aromatic nitrogens is 2. The predicted molar refractivity (Wildman–Crippen MR) is 163 cm³/mol. The summed E-state index contributed by atoms with van der Waals surface area (Å²) in [6.07, 6.45) is 8.33. The Labute approximate surface area is 247 Å². The van der Waals surface area contributed by atoms with Crippen molar-refractivity contribution in [2.45, 2.75) is 57.5 Å². The lowest BCUT2D eigenvalue weighted by atomic mass is 9.69. The first-order valence-corrected chi connectivity index (χ1v) is 15.4. The molecule has 1 spiro atoms. The van der Waals surface area contributed by atoms with Crippen LogP contribution >= 0.6 is 0 Å². The molecule has 3 fully saturated rings. The molecule has 0 radical (unpaired) electrons. The number of carbonyl (C=O) groups is 2. The van der Waals surface area contributed by atoms with Crippen LogP contribution in [0.25, 0.3) is 11.3 Å². The zero-order chi connectivity index (χ0) is 29.1. The number of hydrogen-bond acceptors (Lipinski definition) is 4. The van der Waals surface area contributed by atoms with Gasteiger partial charge in [-0.25, -0.2) is 9.78 Å². The first kappa shape index (κ1) is 28.2. The maximum atomic E-state index is 14.2. The molecule has 0 bridgehead atoms. The minimum Gasteiger partial charge on any atom is -0.359 e. The molecule has 1 N–H and O–H groups in total. The summed E-state index contributed by atoms with van der Waals surface area (Å²) < 4.78 is 1.77. The van der Waals surface area contributed by atoms with Crippen LogP contribution in [-0.2, 0) is 11.3 Å². The van der Waals surface area contributed by atoms with Gasteiger partial charge in [0.05, 0.1) is 18.1 Å². The maximum absolute atomic E-state index is 14.2. The van der Waals surface area contributed by atoms with Crippen LogP contribution < -0.4 is 10.9 Å². The van der Waals surface area contributed by atoms with Crippen molar-refractivity contribution in [2.75, 3.05) is 26.7 Å². The highest BCUT2D eigenvalue weighted by Crippen LogP contribution is 2.49. The van der Waals surface area contributed by atoms with E-state index in [2.05, 4.69) is 27.3 Å². The molecule has 2 saturated heterocycles. The molecular formula is C34H41N5O3. The topological polar surface area (TPSA) is 87.5 Å². The monoisotopic (exact) mass is 567 g/mol. The number of nitrogens with zero attached hydrogens (tertiary/aromatic N) is 4. The Hall–Kier alpha value is -3.94. The van der Waals surface area contributed by atoms with Gasteiger partial charge in [0.15, 0.2) is 0 Å². The van der Waals surface area contributed by atoms with Crippen molar-refractivity contribution < 1.29 is 9.59 Å². The van der Waals surface area contributed by atoms with E-state index >= 15 is 0 Å². The highest BCUT2D eigenvalue weighted by atomic mass is 16.2. The Bertz CT molecular complexity index is 1450. The molecule has 3 aliphatic rings. The summed E-state index contributed by atoms with van der Waals surface area (Å²) in [6.45, 7) is 2.59. The van der Waals surface area contributed by atoms with Crippen LogP contribution in [0.15, 0.2) is 77.9 Å². The van der Waals surface area contributed by atoms with Gasteiger partial charge in [0, 0.05) is 50.8 Å². The lowest BCUT2D eigenvalue weighted by Crippen LogP contribution is -2.56. The molecule has 2 aromatic carbocycles. The van der Waals surface area contributed by atoms with E-state index in [1.54, 1.807) is 24.0 Å². The Balaban J connectivity index is 1.19. The highest BCUT2D eigenvalue weighted by Gasteiger charge is 2.48. The Morgan fingerprint density at radius 2 is 1.69 bits per heavy atom. The highest BCUT2D eigenvalue weighted by molar-refractivity contribution is 5.80. The number of urea groups is 1. The fourth-order valence-electron chi connectivity index (χ4n) is 7.68. The third-order valence-corrected chi connectivity index (χ3v) is 10.0. The Morgan fingerprint density at radius 1 is 0.976 bits per heavy atom. The number of likely N-dealkylation sites (tertiary alicyclic amines) is 2. The molecule has 8 nitrogen and oxygen atoms in total. The van der Waals surface area contributed by atoms with E-state index in [-0.39, 0.29) is 34.9 Å². The molecule has 6 rings (SSSR count). The zero-order valence-corrected chi connectivity index (χ0v) is 24.5. The van der Waals surface area contributed by atoms with E-state index in [0.717, 1.165) is 49.8 Å². The van der Waals surface area contributed by atoms with E-state index in [1.807, 2.05) is 53.4 Å². The summed E-state index contributed by atoms with van der Waals surface area (Å²) in [5.41, 5.74) is 2.69. The minimum atomic E-state index is -0.125. The van der Waals surface area contributed by atoms with Gasteiger partial charge in [-0.2, -0.15) is 0 Å². The smallest absolute Gasteiger partial charge is 0.320 e. The Kier molecular flexibility index (Phi) is 8.13. The molecule has 0 unspecified atom stereocenters. The fraction of sp³-hybridized carbons (Fsp3) is 0.471. The third kappa shape index (κ3) is 5.59. The number of carbonyl (C=O) groups excluding carboxylic acids is 2. The lowest BCUT2D eigenvalue weighted by Gasteiger charge is -2.49. The van der Waals surface area contributed by atoms with Gasteiger partial charge in [0.2, 0.25) is 5.91 Å². The number of rotatable bonds is 5. The van der Waals surface area contributed by atoms with Gasteiger partial charge < -0.3 is 15.1 Å². The van der Waals surface area contributed by atoms with Crippen molar-refractivity contribution in [1.29, 1.82) is 0 Å². The van der Waals surface area contributed by atoms with E-state index in [4.69, 9.17) is 0 Å². The second-order valence-corrected chi connectivity index (χ2v) is 12.3. The molecule has 1 aliphatic carbocycles. The largest absolute Gasteiger partial charge is 0.359 e. The van der Waals surface area contributed by atoms with Gasteiger partial charge in [-0.15, -0.1) is 0 Å². The van der Waals surface area contributed by atoms with Crippen molar-refractivity contribution in [3.8, 4) is 11.3 Å². The SMILES string of the molecule is CNC(=O)[C@@H]1CCN(C(=O)N2CC[C@@H](Cn3cnc(-c4ccccc4)cc3=O)C3(CCCC3)C2)[C@H](c2ccccc2)C1. The summed E-state index contributed by atoms with van der Waals surface area (Å²) in [4.78, 5) is 48.6. The zero-order valence-electron chi connectivity index (χ0n) is 24.5. The molecule has 3 aromatic rings. The van der Waals surface area contributed by atoms with Gasteiger partial charge in [0.1, 0.15) is 0 Å². The quantitative estimate of drug-likeness (QED) is 0.464. The second kappa shape index (κ2) is 12.1. The lowest BCUT2D eigenvalue weighted by molar-refractivity contribution is -0.126. The number of hydrogen-bond donors (Lipinski definition) is 1. The second-order valence-electron chi connectivity index (χ2n) is 12.3. The van der Waals surface area contributed by atoms with Crippen molar-refractivity contribution in [1.82, 2.24) is 24.7 Å². The van der Waals surface area contributed by atoms with E-state index in [9.17, 15) is 14.4 Å². The van der Waals surface area contributed by atoms with Gasteiger partial charge >= 0.3 is 6.03 Å². The van der Waals surface area contributed by atoms with Crippen molar-refractivity contribution in [3.63, 3.8) is 0 Å². The number of nitrogens with one attached hydrogen (secondary N) is 1. The molecule has 3 amide bonds. The van der Waals surface area contributed by atoms with Crippen molar-refractivity contribution >= 4 is 11.9 Å². The van der Waals surface area contributed by atoms with Gasteiger partial charge in [-0.1, -0.05) is 73.5 Å². The molecule has 2 aliphatic heterocycles. The van der Waals surface area contributed by atoms with Crippen LogP contribution in [0.1, 0.15) is 56.6 Å². The normalized spacial score (nSPS) is 23.6. The van der Waals surface area contributed by atoms with Crippen LogP contribution in [0.5, 0.6) is 0 Å². The summed E-state index contributed by atoms with van der Waals surface area (Å²) in [7, 11) is 1.68. The van der Waals surface area contributed by atoms with Crippen LogP contribution in [-0.4, -0.2) is 58.0 Å². The maximum Gasteiger partial charge on any atom is 0.320 e. The van der Waals surface area contributed by atoms with Crippen LogP contribution in [0.4, 0.5) is 4.79 Å². The summed E-state index contributed by atoms with van der Waals surface area (Å²) in [6, 6.07) is 21.5. The molecule has 1 aromatic heterocycles. The number of amides is 3. The Morgan fingerprint density at radius 3 is 2.38 bits per heavy atom. The average molecular weight is 568 g/mol.